The van der Waals surface area contributed by atoms with Crippen molar-refractivity contribution in [1.29, 1.82) is 0 Å². The van der Waals surface area contributed by atoms with E-state index in [2.05, 4.69) is 5.32 Å². The Morgan fingerprint density at radius 2 is 1.72 bits per heavy atom. The van der Waals surface area contributed by atoms with Crippen molar-refractivity contribution in [2.45, 2.75) is 13.5 Å². The molecule has 0 fully saturated rings. The topological polar surface area (TPSA) is 66.5 Å². The first-order valence-corrected chi connectivity index (χ1v) is 9.26. The van der Waals surface area contributed by atoms with E-state index in [1.807, 2.05) is 0 Å². The summed E-state index contributed by atoms with van der Waals surface area (Å²) in [6.07, 6.45) is 1.01. The minimum absolute atomic E-state index is 0.112. The third kappa shape index (κ3) is 5.25. The van der Waals surface area contributed by atoms with Crippen LogP contribution in [0, 0.1) is 18.6 Å². The van der Waals surface area contributed by atoms with Crippen LogP contribution in [-0.4, -0.2) is 27.1 Å². The molecule has 0 bridgehead atoms. The number of aryl methyl sites for hydroxylation is 1. The molecule has 0 saturated heterocycles. The Labute approximate surface area is 145 Å². The molecule has 1 N–H and O–H groups in total. The van der Waals surface area contributed by atoms with E-state index >= 15 is 0 Å². The van der Waals surface area contributed by atoms with Crippen molar-refractivity contribution in [2.24, 2.45) is 0 Å². The summed E-state index contributed by atoms with van der Waals surface area (Å²) in [5.41, 5.74) is 1.34. The third-order valence-corrected chi connectivity index (χ3v) is 4.61. The Hall–Kier alpha value is -2.48. The molecular formula is C17H18F2N2O3S. The highest BCUT2D eigenvalue weighted by Gasteiger charge is 2.22. The smallest absolute Gasteiger partial charge is 0.241 e. The van der Waals surface area contributed by atoms with E-state index in [0.29, 0.717) is 11.3 Å². The van der Waals surface area contributed by atoms with Gasteiger partial charge < -0.3 is 5.32 Å². The van der Waals surface area contributed by atoms with Crippen molar-refractivity contribution in [3.05, 3.63) is 65.2 Å². The van der Waals surface area contributed by atoms with E-state index in [1.165, 1.54) is 0 Å². The van der Waals surface area contributed by atoms with E-state index < -0.39 is 34.1 Å². The molecule has 8 heteroatoms. The van der Waals surface area contributed by atoms with Crippen LogP contribution in [0.25, 0.3) is 0 Å². The molecule has 5 nitrogen and oxygen atoms in total. The number of hydrogen-bond acceptors (Lipinski definition) is 3. The number of sulfonamides is 1. The van der Waals surface area contributed by atoms with Crippen LogP contribution in [0.5, 0.6) is 0 Å². The van der Waals surface area contributed by atoms with Gasteiger partial charge in [-0.05, 0) is 36.2 Å². The van der Waals surface area contributed by atoms with E-state index in [4.69, 9.17) is 0 Å². The van der Waals surface area contributed by atoms with Gasteiger partial charge >= 0.3 is 0 Å². The van der Waals surface area contributed by atoms with Crippen LogP contribution in [0.3, 0.4) is 0 Å². The minimum Gasteiger partial charge on any atom is -0.350 e. The van der Waals surface area contributed by atoms with Gasteiger partial charge in [0.25, 0.3) is 0 Å². The van der Waals surface area contributed by atoms with Gasteiger partial charge in [-0.1, -0.05) is 18.2 Å². The molecule has 0 atom stereocenters. The molecule has 0 aliphatic heterocycles. The lowest BCUT2D eigenvalue weighted by Crippen LogP contribution is -2.40. The van der Waals surface area contributed by atoms with Gasteiger partial charge in [-0.3, -0.25) is 9.10 Å². The standard InChI is InChI=1S/C17H18F2N2O3S/c1-12-5-3-4-6-16(12)21(25(2,23)24)11-17(22)20-10-13-7-14(18)9-15(19)8-13/h3-9H,10-11H2,1-2H3,(H,20,22). The fourth-order valence-corrected chi connectivity index (χ4v) is 3.24. The maximum Gasteiger partial charge on any atom is 0.241 e. The molecule has 0 aromatic heterocycles. The highest BCUT2D eigenvalue weighted by Crippen LogP contribution is 2.21. The van der Waals surface area contributed by atoms with Gasteiger partial charge in [0.1, 0.15) is 18.2 Å². The number of para-hydroxylation sites is 1. The highest BCUT2D eigenvalue weighted by molar-refractivity contribution is 7.92. The number of halogens is 2. The molecule has 2 aromatic rings. The predicted octanol–water partition coefficient (Wildman–Crippen LogP) is 2.36. The van der Waals surface area contributed by atoms with Crippen molar-refractivity contribution in [2.75, 3.05) is 17.1 Å². The van der Waals surface area contributed by atoms with Gasteiger partial charge in [0, 0.05) is 12.6 Å². The van der Waals surface area contributed by atoms with E-state index in [1.54, 1.807) is 31.2 Å². The zero-order valence-electron chi connectivity index (χ0n) is 13.8. The number of anilines is 1. The maximum absolute atomic E-state index is 13.1. The third-order valence-electron chi connectivity index (χ3n) is 3.48. The summed E-state index contributed by atoms with van der Waals surface area (Å²) in [4.78, 5) is 12.1. The van der Waals surface area contributed by atoms with Crippen molar-refractivity contribution < 1.29 is 22.0 Å². The van der Waals surface area contributed by atoms with Gasteiger partial charge in [-0.15, -0.1) is 0 Å². The van der Waals surface area contributed by atoms with Crippen molar-refractivity contribution in [3.8, 4) is 0 Å². The molecular weight excluding hydrogens is 350 g/mol. The highest BCUT2D eigenvalue weighted by atomic mass is 32.2. The second-order valence-corrected chi connectivity index (χ2v) is 7.52. The molecule has 1 amide bonds. The molecule has 2 rings (SSSR count). The van der Waals surface area contributed by atoms with E-state index in [0.717, 1.165) is 28.8 Å². The Morgan fingerprint density at radius 3 is 2.28 bits per heavy atom. The van der Waals surface area contributed by atoms with Gasteiger partial charge in [0.2, 0.25) is 15.9 Å². The summed E-state index contributed by atoms with van der Waals surface area (Å²) in [5.74, 6) is -2.08. The van der Waals surface area contributed by atoms with Crippen LogP contribution in [0.1, 0.15) is 11.1 Å². The lowest BCUT2D eigenvalue weighted by molar-refractivity contribution is -0.119. The zero-order valence-corrected chi connectivity index (χ0v) is 14.6. The number of hydrogen-bond donors (Lipinski definition) is 1. The van der Waals surface area contributed by atoms with Gasteiger partial charge in [-0.25, -0.2) is 17.2 Å². The fourth-order valence-electron chi connectivity index (χ4n) is 2.32. The molecule has 0 radical (unpaired) electrons. The first-order chi connectivity index (χ1) is 11.7. The average molecular weight is 368 g/mol. The van der Waals surface area contributed by atoms with Crippen LogP contribution in [-0.2, 0) is 21.4 Å². The van der Waals surface area contributed by atoms with Crippen LogP contribution in [0.4, 0.5) is 14.5 Å². The number of rotatable bonds is 6. The Morgan fingerprint density at radius 1 is 1.12 bits per heavy atom. The van der Waals surface area contributed by atoms with Gasteiger partial charge in [0.05, 0.1) is 11.9 Å². The molecule has 134 valence electrons. The first-order valence-electron chi connectivity index (χ1n) is 7.42. The second kappa shape index (κ2) is 7.60. The monoisotopic (exact) mass is 368 g/mol. The van der Waals surface area contributed by atoms with Crippen LogP contribution < -0.4 is 9.62 Å². The summed E-state index contributed by atoms with van der Waals surface area (Å²) in [6, 6.07) is 9.70. The summed E-state index contributed by atoms with van der Waals surface area (Å²) >= 11 is 0. The average Bonchev–Trinajstić information content (AvgIpc) is 2.49. The number of carbonyl (C=O) groups is 1. The molecule has 0 saturated carbocycles. The van der Waals surface area contributed by atoms with E-state index in [-0.39, 0.29) is 12.1 Å². The first kappa shape index (κ1) is 18.9. The normalized spacial score (nSPS) is 11.2. The Balaban J connectivity index is 2.11. The number of nitrogens with one attached hydrogen (secondary N) is 1. The molecule has 0 aliphatic rings. The summed E-state index contributed by atoms with van der Waals surface area (Å²) < 4.78 is 51.3. The van der Waals surface area contributed by atoms with Crippen LogP contribution >= 0.6 is 0 Å². The second-order valence-electron chi connectivity index (χ2n) is 5.61. The van der Waals surface area contributed by atoms with E-state index in [9.17, 15) is 22.0 Å². The van der Waals surface area contributed by atoms with Crippen molar-refractivity contribution in [3.63, 3.8) is 0 Å². The number of amides is 1. The van der Waals surface area contributed by atoms with Crippen molar-refractivity contribution in [1.82, 2.24) is 5.32 Å². The Kier molecular flexibility index (Phi) is 5.73. The summed E-state index contributed by atoms with van der Waals surface area (Å²) in [7, 11) is -3.68. The molecule has 0 spiro atoms. The molecule has 2 aromatic carbocycles. The fraction of sp³-hybridized carbons (Fsp3) is 0.235. The quantitative estimate of drug-likeness (QED) is 0.851. The molecule has 0 unspecified atom stereocenters. The number of nitrogens with zero attached hydrogens (tertiary/aromatic N) is 1. The lowest BCUT2D eigenvalue weighted by Gasteiger charge is -2.23. The summed E-state index contributed by atoms with van der Waals surface area (Å²) in [6.45, 7) is 1.20. The molecule has 25 heavy (non-hydrogen) atoms. The molecule has 0 heterocycles. The SMILES string of the molecule is Cc1ccccc1N(CC(=O)NCc1cc(F)cc(F)c1)S(C)(=O)=O. The Bertz CT molecular complexity index is 865. The largest absolute Gasteiger partial charge is 0.350 e. The predicted molar refractivity (Wildman–Crippen MR) is 91.6 cm³/mol. The number of carbonyl (C=O) groups excluding carboxylic acids is 1. The van der Waals surface area contributed by atoms with Gasteiger partial charge in [0.15, 0.2) is 0 Å². The molecule has 0 aliphatic carbocycles. The van der Waals surface area contributed by atoms with Crippen molar-refractivity contribution >= 4 is 21.6 Å². The zero-order chi connectivity index (χ0) is 18.6. The number of benzene rings is 2. The lowest BCUT2D eigenvalue weighted by atomic mass is 10.2. The van der Waals surface area contributed by atoms with Crippen LogP contribution in [0.2, 0.25) is 0 Å². The minimum atomic E-state index is -3.68. The summed E-state index contributed by atoms with van der Waals surface area (Å²) in [5, 5.41) is 2.47. The maximum atomic E-state index is 13.1. The van der Waals surface area contributed by atoms with Crippen LogP contribution in [0.15, 0.2) is 42.5 Å². The van der Waals surface area contributed by atoms with Gasteiger partial charge in [-0.2, -0.15) is 0 Å².